The molecule has 0 aliphatic heterocycles. The molecular formula is C15H15NO. The summed E-state index contributed by atoms with van der Waals surface area (Å²) in [5.41, 5.74) is 3.75. The Hall–Kier alpha value is -1.96. The van der Waals surface area contributed by atoms with Crippen molar-refractivity contribution in [3.63, 3.8) is 0 Å². The molecule has 0 N–H and O–H groups in total. The molecule has 0 aliphatic rings. The number of hydrogen-bond donors (Lipinski definition) is 0. The van der Waals surface area contributed by atoms with Crippen LogP contribution in [-0.4, -0.2) is 10.8 Å². The van der Waals surface area contributed by atoms with Gasteiger partial charge in [-0.1, -0.05) is 29.8 Å². The van der Waals surface area contributed by atoms with Gasteiger partial charge in [0.2, 0.25) is 0 Å². The number of ketones is 1. The van der Waals surface area contributed by atoms with Crippen LogP contribution in [0.15, 0.2) is 42.6 Å². The first-order chi connectivity index (χ1) is 8.16. The molecule has 0 aliphatic carbocycles. The maximum atomic E-state index is 12.1. The van der Waals surface area contributed by atoms with E-state index in [2.05, 4.69) is 4.98 Å². The molecule has 1 aromatic heterocycles. The van der Waals surface area contributed by atoms with Crippen LogP contribution >= 0.6 is 0 Å². The van der Waals surface area contributed by atoms with Crippen molar-refractivity contribution in [1.82, 2.24) is 4.98 Å². The number of aromatic nitrogens is 1. The lowest BCUT2D eigenvalue weighted by Crippen LogP contribution is -2.06. The number of hydrogen-bond acceptors (Lipinski definition) is 2. The summed E-state index contributed by atoms with van der Waals surface area (Å²) in [5, 5.41) is 0. The number of rotatable bonds is 3. The Labute approximate surface area is 101 Å². The lowest BCUT2D eigenvalue weighted by Gasteiger charge is -2.04. The Kier molecular flexibility index (Phi) is 3.33. The SMILES string of the molecule is Cc1cccc(CC(=O)c2cccnc2C)c1. The van der Waals surface area contributed by atoms with E-state index in [4.69, 9.17) is 0 Å². The molecule has 0 fully saturated rings. The highest BCUT2D eigenvalue weighted by Gasteiger charge is 2.09. The van der Waals surface area contributed by atoms with E-state index in [0.29, 0.717) is 12.0 Å². The molecule has 0 saturated heterocycles. The van der Waals surface area contributed by atoms with Crippen molar-refractivity contribution in [2.24, 2.45) is 0 Å². The Morgan fingerprint density at radius 1 is 1.18 bits per heavy atom. The summed E-state index contributed by atoms with van der Waals surface area (Å²) in [4.78, 5) is 16.2. The topological polar surface area (TPSA) is 30.0 Å². The molecule has 2 rings (SSSR count). The Bertz CT molecular complexity index is 546. The molecule has 2 nitrogen and oxygen atoms in total. The van der Waals surface area contributed by atoms with Gasteiger partial charge in [-0.3, -0.25) is 9.78 Å². The number of carbonyl (C=O) groups excluding carboxylic acids is 1. The summed E-state index contributed by atoms with van der Waals surface area (Å²) in [6.07, 6.45) is 2.15. The zero-order valence-electron chi connectivity index (χ0n) is 10.1. The average Bonchev–Trinajstić information content (AvgIpc) is 2.29. The minimum absolute atomic E-state index is 0.126. The second-order valence-electron chi connectivity index (χ2n) is 4.23. The lowest BCUT2D eigenvalue weighted by atomic mass is 10.0. The molecule has 0 spiro atoms. The summed E-state index contributed by atoms with van der Waals surface area (Å²) in [6, 6.07) is 11.7. The zero-order chi connectivity index (χ0) is 12.3. The van der Waals surface area contributed by atoms with Crippen LogP contribution in [-0.2, 0) is 6.42 Å². The van der Waals surface area contributed by atoms with Crippen molar-refractivity contribution in [2.45, 2.75) is 20.3 Å². The van der Waals surface area contributed by atoms with Crippen LogP contribution in [0.25, 0.3) is 0 Å². The number of aryl methyl sites for hydroxylation is 2. The molecule has 86 valence electrons. The van der Waals surface area contributed by atoms with E-state index in [1.807, 2.05) is 44.2 Å². The van der Waals surface area contributed by atoms with Gasteiger partial charge in [-0.25, -0.2) is 0 Å². The van der Waals surface area contributed by atoms with Gasteiger partial charge in [-0.15, -0.1) is 0 Å². The predicted molar refractivity (Wildman–Crippen MR) is 68.2 cm³/mol. The van der Waals surface area contributed by atoms with Gasteiger partial charge in [0.15, 0.2) is 5.78 Å². The fourth-order valence-corrected chi connectivity index (χ4v) is 1.88. The summed E-state index contributed by atoms with van der Waals surface area (Å²) in [6.45, 7) is 3.90. The van der Waals surface area contributed by atoms with Crippen LogP contribution in [0.2, 0.25) is 0 Å². The number of benzene rings is 1. The molecule has 0 unspecified atom stereocenters. The molecular weight excluding hydrogens is 210 g/mol. The molecule has 0 bridgehead atoms. The van der Waals surface area contributed by atoms with Crippen molar-refractivity contribution < 1.29 is 4.79 Å². The molecule has 17 heavy (non-hydrogen) atoms. The van der Waals surface area contributed by atoms with Gasteiger partial charge >= 0.3 is 0 Å². The zero-order valence-corrected chi connectivity index (χ0v) is 10.1. The monoisotopic (exact) mass is 225 g/mol. The molecule has 2 aromatic rings. The van der Waals surface area contributed by atoms with Crippen LogP contribution in [0.3, 0.4) is 0 Å². The van der Waals surface area contributed by atoms with E-state index in [0.717, 1.165) is 11.3 Å². The normalized spacial score (nSPS) is 10.2. The van der Waals surface area contributed by atoms with E-state index in [9.17, 15) is 4.79 Å². The largest absolute Gasteiger partial charge is 0.294 e. The van der Waals surface area contributed by atoms with E-state index in [1.54, 1.807) is 12.3 Å². The minimum atomic E-state index is 0.126. The van der Waals surface area contributed by atoms with Gasteiger partial charge in [-0.2, -0.15) is 0 Å². The molecule has 0 atom stereocenters. The first-order valence-electron chi connectivity index (χ1n) is 5.67. The average molecular weight is 225 g/mol. The van der Waals surface area contributed by atoms with Crippen molar-refractivity contribution in [3.8, 4) is 0 Å². The molecule has 0 radical (unpaired) electrons. The summed E-state index contributed by atoms with van der Waals surface area (Å²) < 4.78 is 0. The Morgan fingerprint density at radius 2 is 2.00 bits per heavy atom. The highest BCUT2D eigenvalue weighted by Crippen LogP contribution is 2.11. The molecule has 0 saturated carbocycles. The smallest absolute Gasteiger partial charge is 0.169 e. The highest BCUT2D eigenvalue weighted by atomic mass is 16.1. The van der Waals surface area contributed by atoms with Crippen molar-refractivity contribution in [1.29, 1.82) is 0 Å². The van der Waals surface area contributed by atoms with E-state index >= 15 is 0 Å². The standard InChI is InChI=1S/C15H15NO/c1-11-5-3-6-13(9-11)10-15(17)14-7-4-8-16-12(14)2/h3-9H,10H2,1-2H3. The third-order valence-electron chi connectivity index (χ3n) is 2.75. The van der Waals surface area contributed by atoms with E-state index < -0.39 is 0 Å². The Morgan fingerprint density at radius 3 is 2.71 bits per heavy atom. The van der Waals surface area contributed by atoms with Gasteiger partial charge in [0.05, 0.1) is 0 Å². The summed E-state index contributed by atoms with van der Waals surface area (Å²) in [7, 11) is 0. The van der Waals surface area contributed by atoms with Crippen LogP contribution in [0.5, 0.6) is 0 Å². The fourth-order valence-electron chi connectivity index (χ4n) is 1.88. The van der Waals surface area contributed by atoms with Crippen LogP contribution < -0.4 is 0 Å². The highest BCUT2D eigenvalue weighted by molar-refractivity contribution is 5.98. The fraction of sp³-hybridized carbons (Fsp3) is 0.200. The first-order valence-corrected chi connectivity index (χ1v) is 5.67. The molecule has 0 amide bonds. The number of nitrogens with zero attached hydrogens (tertiary/aromatic N) is 1. The van der Waals surface area contributed by atoms with Crippen molar-refractivity contribution in [3.05, 3.63) is 65.0 Å². The number of pyridine rings is 1. The third-order valence-corrected chi connectivity index (χ3v) is 2.75. The Balaban J connectivity index is 2.20. The molecule has 1 heterocycles. The first kappa shape index (κ1) is 11.5. The molecule has 2 heteroatoms. The predicted octanol–water partition coefficient (Wildman–Crippen LogP) is 3.12. The second kappa shape index (κ2) is 4.91. The number of carbonyl (C=O) groups is 1. The van der Waals surface area contributed by atoms with Crippen LogP contribution in [0.1, 0.15) is 27.2 Å². The summed E-state index contributed by atoms with van der Waals surface area (Å²) in [5.74, 6) is 0.126. The van der Waals surface area contributed by atoms with E-state index in [-0.39, 0.29) is 5.78 Å². The van der Waals surface area contributed by atoms with Crippen LogP contribution in [0.4, 0.5) is 0 Å². The van der Waals surface area contributed by atoms with Gasteiger partial charge in [0.1, 0.15) is 0 Å². The third kappa shape index (κ3) is 2.78. The van der Waals surface area contributed by atoms with Gasteiger partial charge < -0.3 is 0 Å². The van der Waals surface area contributed by atoms with Gasteiger partial charge in [0.25, 0.3) is 0 Å². The van der Waals surface area contributed by atoms with Gasteiger partial charge in [0, 0.05) is 23.9 Å². The second-order valence-corrected chi connectivity index (χ2v) is 4.23. The molecule has 1 aromatic carbocycles. The van der Waals surface area contributed by atoms with Crippen LogP contribution in [0, 0.1) is 13.8 Å². The quantitative estimate of drug-likeness (QED) is 0.751. The maximum absolute atomic E-state index is 12.1. The minimum Gasteiger partial charge on any atom is -0.294 e. The van der Waals surface area contributed by atoms with Crippen molar-refractivity contribution in [2.75, 3.05) is 0 Å². The maximum Gasteiger partial charge on any atom is 0.169 e. The number of Topliss-reactive ketones (excluding diaryl/α,β-unsaturated/α-hetero) is 1. The summed E-state index contributed by atoms with van der Waals surface area (Å²) >= 11 is 0. The lowest BCUT2D eigenvalue weighted by molar-refractivity contribution is 0.0992. The van der Waals surface area contributed by atoms with Crippen molar-refractivity contribution >= 4 is 5.78 Å². The van der Waals surface area contributed by atoms with E-state index in [1.165, 1.54) is 5.56 Å². The van der Waals surface area contributed by atoms with Gasteiger partial charge in [-0.05, 0) is 31.5 Å².